The zero-order valence-corrected chi connectivity index (χ0v) is 17.7. The van der Waals surface area contributed by atoms with Crippen molar-refractivity contribution in [3.8, 4) is 22.9 Å². The number of fused-ring (bicyclic) bond motifs is 2. The van der Waals surface area contributed by atoms with Crippen LogP contribution in [0.3, 0.4) is 0 Å². The molecule has 1 aliphatic heterocycles. The summed E-state index contributed by atoms with van der Waals surface area (Å²) in [5, 5.41) is 15.5. The van der Waals surface area contributed by atoms with E-state index in [2.05, 4.69) is 15.3 Å². The number of rotatable bonds is 4. The fourth-order valence-corrected chi connectivity index (χ4v) is 4.43. The van der Waals surface area contributed by atoms with Gasteiger partial charge in [0, 0.05) is 37.1 Å². The number of halogens is 3. The Morgan fingerprint density at radius 1 is 1.09 bits per heavy atom. The highest BCUT2D eigenvalue weighted by Gasteiger charge is 2.24. The van der Waals surface area contributed by atoms with Gasteiger partial charge in [-0.2, -0.15) is 9.97 Å². The first-order valence-electron chi connectivity index (χ1n) is 10.1. The summed E-state index contributed by atoms with van der Waals surface area (Å²) in [7, 11) is 0. The van der Waals surface area contributed by atoms with Crippen LogP contribution in [0.1, 0.15) is 0 Å². The minimum Gasteiger partial charge on any atom is -0.508 e. The predicted molar refractivity (Wildman–Crippen MR) is 121 cm³/mol. The molecule has 4 aromatic rings. The van der Waals surface area contributed by atoms with E-state index in [1.165, 1.54) is 6.07 Å². The quantitative estimate of drug-likeness (QED) is 0.465. The topological polar surface area (TPSA) is 70.5 Å². The zero-order valence-electron chi connectivity index (χ0n) is 16.9. The molecular formula is C23H19ClF2N4O2. The van der Waals surface area contributed by atoms with Gasteiger partial charge in [-0.1, -0.05) is 35.9 Å². The molecule has 0 radical (unpaired) electrons. The van der Waals surface area contributed by atoms with Crippen LogP contribution in [0.5, 0.6) is 11.8 Å². The number of hydrogen-bond donors (Lipinski definition) is 2. The lowest BCUT2D eigenvalue weighted by molar-refractivity contribution is 0.178. The van der Waals surface area contributed by atoms with Gasteiger partial charge >= 0.3 is 6.01 Å². The van der Waals surface area contributed by atoms with Crippen LogP contribution in [-0.2, 0) is 0 Å². The first kappa shape index (κ1) is 20.7. The Hall–Kier alpha value is -3.23. The van der Waals surface area contributed by atoms with Gasteiger partial charge < -0.3 is 20.1 Å². The second-order valence-electron chi connectivity index (χ2n) is 7.48. The molecular weight excluding hydrogens is 438 g/mol. The number of piperazine rings is 1. The van der Waals surface area contributed by atoms with E-state index in [9.17, 15) is 9.50 Å². The summed E-state index contributed by atoms with van der Waals surface area (Å²) in [6, 6.07) is 11.7. The average molecular weight is 457 g/mol. The maximum atomic E-state index is 16.0. The van der Waals surface area contributed by atoms with Crippen molar-refractivity contribution >= 4 is 39.1 Å². The first-order valence-corrected chi connectivity index (χ1v) is 10.5. The Balaban J connectivity index is 1.80. The van der Waals surface area contributed by atoms with Crippen LogP contribution < -0.4 is 15.0 Å². The van der Waals surface area contributed by atoms with Crippen molar-refractivity contribution in [1.29, 1.82) is 0 Å². The number of benzene rings is 3. The van der Waals surface area contributed by atoms with Crippen molar-refractivity contribution in [2.75, 3.05) is 37.9 Å². The molecule has 0 saturated carbocycles. The number of nitrogens with one attached hydrogen (secondary N) is 1. The Kier molecular flexibility index (Phi) is 5.40. The molecule has 9 heteroatoms. The molecule has 0 amide bonds. The lowest BCUT2D eigenvalue weighted by Crippen LogP contribution is -2.44. The zero-order chi connectivity index (χ0) is 22.2. The molecule has 0 unspecified atom stereocenters. The van der Waals surface area contributed by atoms with E-state index in [0.717, 1.165) is 23.9 Å². The van der Waals surface area contributed by atoms with E-state index in [4.69, 9.17) is 16.3 Å². The van der Waals surface area contributed by atoms with Crippen molar-refractivity contribution in [3.63, 3.8) is 0 Å². The van der Waals surface area contributed by atoms with Gasteiger partial charge in [-0.25, -0.2) is 8.78 Å². The van der Waals surface area contributed by atoms with E-state index in [1.54, 1.807) is 12.1 Å². The molecule has 1 saturated heterocycles. The lowest BCUT2D eigenvalue weighted by atomic mass is 9.96. The van der Waals surface area contributed by atoms with Crippen LogP contribution in [0.2, 0.25) is 5.02 Å². The molecule has 32 heavy (non-hydrogen) atoms. The van der Waals surface area contributed by atoms with Gasteiger partial charge in [-0.3, -0.25) is 0 Å². The van der Waals surface area contributed by atoms with E-state index >= 15 is 4.39 Å². The average Bonchev–Trinajstić information content (AvgIpc) is 2.80. The molecule has 1 aliphatic rings. The Labute approximate surface area is 187 Å². The molecule has 0 bridgehead atoms. The van der Waals surface area contributed by atoms with E-state index < -0.39 is 12.7 Å². The van der Waals surface area contributed by atoms with Gasteiger partial charge in [-0.15, -0.1) is 0 Å². The van der Waals surface area contributed by atoms with Crippen LogP contribution in [0, 0.1) is 5.82 Å². The lowest BCUT2D eigenvalue weighted by Gasteiger charge is -2.29. The Morgan fingerprint density at radius 3 is 2.66 bits per heavy atom. The van der Waals surface area contributed by atoms with Crippen molar-refractivity contribution in [3.05, 3.63) is 53.3 Å². The number of nitrogens with zero attached hydrogens (tertiary/aromatic N) is 3. The van der Waals surface area contributed by atoms with Crippen LogP contribution in [-0.4, -0.2) is 48.1 Å². The van der Waals surface area contributed by atoms with Gasteiger partial charge in [0.25, 0.3) is 0 Å². The summed E-state index contributed by atoms with van der Waals surface area (Å²) in [4.78, 5) is 10.4. The third-order valence-corrected chi connectivity index (χ3v) is 5.86. The molecule has 0 atom stereocenters. The largest absolute Gasteiger partial charge is 0.508 e. The Morgan fingerprint density at radius 2 is 1.88 bits per heavy atom. The molecule has 2 N–H and O–H groups in total. The highest BCUT2D eigenvalue weighted by atomic mass is 35.5. The standard InChI is InChI=1S/C23H19ClF2N4O2/c24-18-11-17-21(28-23(32-12-25)29-22(17)30-7-5-27-6-8-30)20(26)19(18)16-10-14(31)9-13-3-1-2-4-15(13)16/h1-4,9-11,27,31H,5-8,12H2. The van der Waals surface area contributed by atoms with Gasteiger partial charge in [0.05, 0.1) is 5.02 Å². The van der Waals surface area contributed by atoms with Gasteiger partial charge in [0.15, 0.2) is 5.82 Å². The summed E-state index contributed by atoms with van der Waals surface area (Å²) in [6.07, 6.45) is 0. The second kappa shape index (κ2) is 8.37. The monoisotopic (exact) mass is 456 g/mol. The van der Waals surface area contributed by atoms with Gasteiger partial charge in [0.2, 0.25) is 6.86 Å². The molecule has 0 aliphatic carbocycles. The normalized spacial score (nSPS) is 14.3. The number of aromatic hydroxyl groups is 1. The molecule has 164 valence electrons. The van der Waals surface area contributed by atoms with Crippen molar-refractivity contribution in [1.82, 2.24) is 15.3 Å². The summed E-state index contributed by atoms with van der Waals surface area (Å²) in [5.74, 6) is -0.265. The maximum Gasteiger partial charge on any atom is 0.321 e. The van der Waals surface area contributed by atoms with Crippen LogP contribution in [0.15, 0.2) is 42.5 Å². The van der Waals surface area contributed by atoms with Crippen molar-refractivity contribution in [2.45, 2.75) is 0 Å². The molecule has 0 spiro atoms. The molecule has 6 nitrogen and oxygen atoms in total. The third kappa shape index (κ3) is 3.55. The predicted octanol–water partition coefficient (Wildman–Crippen LogP) is 4.66. The van der Waals surface area contributed by atoms with E-state index in [1.807, 2.05) is 29.2 Å². The highest BCUT2D eigenvalue weighted by molar-refractivity contribution is 6.35. The maximum absolute atomic E-state index is 16.0. The second-order valence-corrected chi connectivity index (χ2v) is 7.89. The molecule has 2 heterocycles. The minimum absolute atomic E-state index is 0.0140. The van der Waals surface area contributed by atoms with Crippen LogP contribution >= 0.6 is 11.6 Å². The van der Waals surface area contributed by atoms with Gasteiger partial charge in [-0.05, 0) is 34.5 Å². The fourth-order valence-electron chi connectivity index (χ4n) is 4.14. The first-order chi connectivity index (χ1) is 15.6. The van der Waals surface area contributed by atoms with Crippen LogP contribution in [0.25, 0.3) is 32.8 Å². The van der Waals surface area contributed by atoms with Crippen molar-refractivity contribution in [2.24, 2.45) is 0 Å². The van der Waals surface area contributed by atoms with E-state index in [0.29, 0.717) is 29.9 Å². The molecule has 5 rings (SSSR count). The smallest absolute Gasteiger partial charge is 0.321 e. The summed E-state index contributed by atoms with van der Waals surface area (Å²) >= 11 is 6.61. The number of phenols is 1. The number of alkyl halides is 1. The molecule has 1 aromatic heterocycles. The SMILES string of the molecule is Oc1cc(-c2c(Cl)cc3c(N4CCNCC4)nc(OCF)nc3c2F)c2ccccc2c1. The summed E-state index contributed by atoms with van der Waals surface area (Å²) in [5.41, 5.74) is 0.506. The number of phenolic OH excluding ortho intramolecular Hbond substituents is 1. The van der Waals surface area contributed by atoms with Crippen molar-refractivity contribution < 1.29 is 18.6 Å². The number of ether oxygens (including phenoxy) is 1. The Bertz CT molecular complexity index is 1330. The summed E-state index contributed by atoms with van der Waals surface area (Å²) in [6.45, 7) is 1.60. The van der Waals surface area contributed by atoms with E-state index in [-0.39, 0.29) is 27.9 Å². The minimum atomic E-state index is -1.13. The van der Waals surface area contributed by atoms with Crippen LogP contribution in [0.4, 0.5) is 14.6 Å². The number of hydrogen-bond acceptors (Lipinski definition) is 6. The number of anilines is 1. The third-order valence-electron chi connectivity index (χ3n) is 5.56. The molecule has 1 fully saturated rings. The molecule has 3 aromatic carbocycles. The fraction of sp³-hybridized carbons (Fsp3) is 0.217. The summed E-state index contributed by atoms with van der Waals surface area (Å²) < 4.78 is 33.8. The number of aromatic nitrogens is 2. The highest BCUT2D eigenvalue weighted by Crippen LogP contribution is 2.42. The van der Waals surface area contributed by atoms with Gasteiger partial charge in [0.1, 0.15) is 17.1 Å².